The first-order valence-corrected chi connectivity index (χ1v) is 7.23. The fourth-order valence-electron chi connectivity index (χ4n) is 2.68. The molecule has 1 saturated heterocycles. The van der Waals surface area contributed by atoms with E-state index in [-0.39, 0.29) is 11.8 Å². The van der Waals surface area contributed by atoms with E-state index in [1.807, 2.05) is 38.4 Å². The highest BCUT2D eigenvalue weighted by Crippen LogP contribution is 2.19. The summed E-state index contributed by atoms with van der Waals surface area (Å²) >= 11 is 0. The standard InChI is InChI=1S/C16H22N2O3/c1-17(2)11-12-4-3-5-14(10-12)15(19)18-8-6-13(7-9-18)16(20)21/h3-5,10,13H,6-9,11H2,1-2H3,(H,20,21). The van der Waals surface area contributed by atoms with Crippen molar-refractivity contribution in [2.75, 3.05) is 27.2 Å². The molecule has 2 rings (SSSR count). The Labute approximate surface area is 125 Å². The van der Waals surface area contributed by atoms with E-state index in [1.54, 1.807) is 4.90 Å². The van der Waals surface area contributed by atoms with Crippen LogP contribution in [0.3, 0.4) is 0 Å². The number of likely N-dealkylation sites (tertiary alicyclic amines) is 1. The largest absolute Gasteiger partial charge is 0.481 e. The van der Waals surface area contributed by atoms with Gasteiger partial charge in [-0.2, -0.15) is 0 Å². The molecule has 1 N–H and O–H groups in total. The summed E-state index contributed by atoms with van der Waals surface area (Å²) in [6, 6.07) is 7.65. The van der Waals surface area contributed by atoms with Gasteiger partial charge in [-0.25, -0.2) is 0 Å². The summed E-state index contributed by atoms with van der Waals surface area (Å²) in [5.41, 5.74) is 1.79. The lowest BCUT2D eigenvalue weighted by molar-refractivity contribution is -0.143. The quantitative estimate of drug-likeness (QED) is 0.916. The highest BCUT2D eigenvalue weighted by molar-refractivity contribution is 5.94. The minimum atomic E-state index is -0.755. The SMILES string of the molecule is CN(C)Cc1cccc(C(=O)N2CCC(C(=O)O)CC2)c1. The number of hydrogen-bond donors (Lipinski definition) is 1. The highest BCUT2D eigenvalue weighted by atomic mass is 16.4. The molecule has 5 heteroatoms. The first-order valence-electron chi connectivity index (χ1n) is 7.23. The Hall–Kier alpha value is -1.88. The van der Waals surface area contributed by atoms with Gasteiger partial charge in [0.1, 0.15) is 0 Å². The Kier molecular flexibility index (Phi) is 4.96. The minimum absolute atomic E-state index is 0.000514. The number of benzene rings is 1. The number of carboxylic acid groups (broad SMARTS) is 1. The molecule has 0 aromatic heterocycles. The van der Waals surface area contributed by atoms with Gasteiger partial charge in [-0.15, -0.1) is 0 Å². The maximum Gasteiger partial charge on any atom is 0.306 e. The van der Waals surface area contributed by atoms with E-state index in [1.165, 1.54) is 0 Å². The van der Waals surface area contributed by atoms with Crippen molar-refractivity contribution in [3.05, 3.63) is 35.4 Å². The Balaban J connectivity index is 2.02. The van der Waals surface area contributed by atoms with Crippen LogP contribution in [0, 0.1) is 5.92 Å². The number of aliphatic carboxylic acids is 1. The van der Waals surface area contributed by atoms with Crippen LogP contribution in [0.25, 0.3) is 0 Å². The number of rotatable bonds is 4. The number of carbonyl (C=O) groups excluding carboxylic acids is 1. The number of amides is 1. The Morgan fingerprint density at radius 1 is 1.29 bits per heavy atom. The highest BCUT2D eigenvalue weighted by Gasteiger charge is 2.27. The molecular formula is C16H22N2O3. The Morgan fingerprint density at radius 3 is 2.52 bits per heavy atom. The summed E-state index contributed by atoms with van der Waals surface area (Å²) in [5.74, 6) is -1.07. The first kappa shape index (κ1) is 15.5. The van der Waals surface area contributed by atoms with E-state index in [0.29, 0.717) is 31.5 Å². The van der Waals surface area contributed by atoms with Crippen LogP contribution in [0.15, 0.2) is 24.3 Å². The van der Waals surface area contributed by atoms with Gasteiger partial charge < -0.3 is 14.9 Å². The van der Waals surface area contributed by atoms with Crippen LogP contribution in [-0.4, -0.2) is 54.0 Å². The van der Waals surface area contributed by atoms with Crippen molar-refractivity contribution in [2.45, 2.75) is 19.4 Å². The van der Waals surface area contributed by atoms with Crippen molar-refractivity contribution in [3.63, 3.8) is 0 Å². The average molecular weight is 290 g/mol. The summed E-state index contributed by atoms with van der Waals surface area (Å²) in [6.45, 7) is 1.84. The van der Waals surface area contributed by atoms with Crippen molar-refractivity contribution in [1.82, 2.24) is 9.80 Å². The summed E-state index contributed by atoms with van der Waals surface area (Å²) in [6.07, 6.45) is 1.08. The summed E-state index contributed by atoms with van der Waals surface area (Å²) in [7, 11) is 3.98. The molecule has 0 radical (unpaired) electrons. The van der Waals surface area contributed by atoms with Crippen LogP contribution < -0.4 is 0 Å². The second-order valence-corrected chi connectivity index (χ2v) is 5.84. The average Bonchev–Trinajstić information content (AvgIpc) is 2.46. The molecule has 0 saturated carbocycles. The van der Waals surface area contributed by atoms with Crippen LogP contribution in [-0.2, 0) is 11.3 Å². The molecule has 21 heavy (non-hydrogen) atoms. The van der Waals surface area contributed by atoms with E-state index >= 15 is 0 Å². The molecule has 1 aliphatic heterocycles. The normalized spacial score (nSPS) is 16.2. The van der Waals surface area contributed by atoms with Crippen molar-refractivity contribution in [2.24, 2.45) is 5.92 Å². The maximum absolute atomic E-state index is 12.5. The van der Waals surface area contributed by atoms with Crippen molar-refractivity contribution < 1.29 is 14.7 Å². The van der Waals surface area contributed by atoms with E-state index in [0.717, 1.165) is 12.1 Å². The van der Waals surface area contributed by atoms with Gasteiger partial charge >= 0.3 is 5.97 Å². The second kappa shape index (κ2) is 6.72. The molecule has 0 aliphatic carbocycles. The minimum Gasteiger partial charge on any atom is -0.481 e. The number of hydrogen-bond acceptors (Lipinski definition) is 3. The van der Waals surface area contributed by atoms with Crippen LogP contribution in [0.4, 0.5) is 0 Å². The zero-order valence-corrected chi connectivity index (χ0v) is 12.6. The second-order valence-electron chi connectivity index (χ2n) is 5.84. The van der Waals surface area contributed by atoms with Crippen molar-refractivity contribution in [3.8, 4) is 0 Å². The van der Waals surface area contributed by atoms with Gasteiger partial charge in [-0.05, 0) is 44.6 Å². The molecule has 114 valence electrons. The third kappa shape index (κ3) is 4.04. The van der Waals surface area contributed by atoms with E-state index in [4.69, 9.17) is 5.11 Å². The summed E-state index contributed by atoms with van der Waals surface area (Å²) in [4.78, 5) is 27.2. The van der Waals surface area contributed by atoms with Crippen LogP contribution >= 0.6 is 0 Å². The molecule has 1 aromatic carbocycles. The molecule has 1 aliphatic rings. The van der Waals surface area contributed by atoms with Crippen molar-refractivity contribution >= 4 is 11.9 Å². The smallest absolute Gasteiger partial charge is 0.306 e. The zero-order valence-electron chi connectivity index (χ0n) is 12.6. The molecule has 0 unspecified atom stereocenters. The monoisotopic (exact) mass is 290 g/mol. The fourth-order valence-corrected chi connectivity index (χ4v) is 2.68. The maximum atomic E-state index is 12.5. The lowest BCUT2D eigenvalue weighted by atomic mass is 9.96. The molecule has 1 heterocycles. The predicted molar refractivity (Wildman–Crippen MR) is 80.1 cm³/mol. The third-order valence-electron chi connectivity index (χ3n) is 3.80. The molecular weight excluding hydrogens is 268 g/mol. The van der Waals surface area contributed by atoms with E-state index < -0.39 is 5.97 Å². The summed E-state index contributed by atoms with van der Waals surface area (Å²) < 4.78 is 0. The van der Waals surface area contributed by atoms with Gasteiger partial charge in [-0.1, -0.05) is 12.1 Å². The van der Waals surface area contributed by atoms with E-state index in [9.17, 15) is 9.59 Å². The van der Waals surface area contributed by atoms with Gasteiger partial charge in [0.05, 0.1) is 5.92 Å². The zero-order chi connectivity index (χ0) is 15.4. The predicted octanol–water partition coefficient (Wildman–Crippen LogP) is 1.69. The number of carboxylic acids is 1. The number of nitrogens with zero attached hydrogens (tertiary/aromatic N) is 2. The summed E-state index contributed by atoms with van der Waals surface area (Å²) in [5, 5.41) is 8.99. The lowest BCUT2D eigenvalue weighted by Gasteiger charge is -2.30. The molecule has 1 aromatic rings. The van der Waals surface area contributed by atoms with E-state index in [2.05, 4.69) is 4.90 Å². The van der Waals surface area contributed by atoms with Crippen LogP contribution in [0.1, 0.15) is 28.8 Å². The molecule has 0 bridgehead atoms. The number of carbonyl (C=O) groups is 2. The molecule has 5 nitrogen and oxygen atoms in total. The van der Waals surface area contributed by atoms with Crippen LogP contribution in [0.2, 0.25) is 0 Å². The fraction of sp³-hybridized carbons (Fsp3) is 0.500. The lowest BCUT2D eigenvalue weighted by Crippen LogP contribution is -2.40. The molecule has 1 amide bonds. The number of piperidine rings is 1. The topological polar surface area (TPSA) is 60.9 Å². The molecule has 0 atom stereocenters. The Bertz CT molecular complexity index is 520. The van der Waals surface area contributed by atoms with Gasteiger partial charge in [0, 0.05) is 25.2 Å². The van der Waals surface area contributed by atoms with Gasteiger partial charge in [0.25, 0.3) is 5.91 Å². The third-order valence-corrected chi connectivity index (χ3v) is 3.80. The van der Waals surface area contributed by atoms with Crippen LogP contribution in [0.5, 0.6) is 0 Å². The van der Waals surface area contributed by atoms with Gasteiger partial charge in [-0.3, -0.25) is 9.59 Å². The molecule has 1 fully saturated rings. The first-order chi connectivity index (χ1) is 9.97. The van der Waals surface area contributed by atoms with Gasteiger partial charge in [0.15, 0.2) is 0 Å². The van der Waals surface area contributed by atoms with Gasteiger partial charge in [0.2, 0.25) is 0 Å². The molecule has 0 spiro atoms. The van der Waals surface area contributed by atoms with Crippen molar-refractivity contribution in [1.29, 1.82) is 0 Å². The Morgan fingerprint density at radius 2 is 1.95 bits per heavy atom.